The number of carbonyl (C=O) groups excluding carboxylic acids is 2. The van der Waals surface area contributed by atoms with Crippen molar-refractivity contribution in [1.29, 1.82) is 0 Å². The van der Waals surface area contributed by atoms with Crippen LogP contribution in [0.2, 0.25) is 0 Å². The van der Waals surface area contributed by atoms with Gasteiger partial charge >= 0.3 is 0 Å². The van der Waals surface area contributed by atoms with Gasteiger partial charge in [0, 0.05) is 31.6 Å². The number of hydrogen-bond acceptors (Lipinski definition) is 4. The third-order valence-electron chi connectivity index (χ3n) is 5.23. The Balaban J connectivity index is 1.90. The van der Waals surface area contributed by atoms with Crippen molar-refractivity contribution in [2.24, 2.45) is 11.0 Å². The number of hydrogen-bond donors (Lipinski definition) is 0. The molecule has 1 heterocycles. The zero-order chi connectivity index (χ0) is 22.4. The standard InChI is InChI=1S/C24H28FN3O3/c1-17(2)24(30)27(13-14-31-3)16-23(29)28-22(18-9-5-4-6-10-18)15-21(26-28)19-11-7-8-12-20(19)25/h4-12,17,22H,13-16H2,1-3H3/t22-/m0/s1. The lowest BCUT2D eigenvalue weighted by molar-refractivity contribution is -0.143. The highest BCUT2D eigenvalue weighted by Gasteiger charge is 2.35. The maximum atomic E-state index is 14.4. The van der Waals surface area contributed by atoms with E-state index in [-0.39, 0.29) is 36.1 Å². The number of hydrazone groups is 1. The van der Waals surface area contributed by atoms with Crippen LogP contribution in [0, 0.1) is 11.7 Å². The lowest BCUT2D eigenvalue weighted by atomic mass is 9.98. The smallest absolute Gasteiger partial charge is 0.262 e. The number of nitrogens with zero attached hydrogens (tertiary/aromatic N) is 3. The van der Waals surface area contributed by atoms with E-state index in [9.17, 15) is 14.0 Å². The van der Waals surface area contributed by atoms with E-state index in [0.717, 1.165) is 5.56 Å². The van der Waals surface area contributed by atoms with Gasteiger partial charge in [-0.3, -0.25) is 9.59 Å². The summed E-state index contributed by atoms with van der Waals surface area (Å²) in [4.78, 5) is 27.4. The second-order valence-corrected chi connectivity index (χ2v) is 7.80. The molecular formula is C24H28FN3O3. The van der Waals surface area contributed by atoms with Gasteiger partial charge in [0.05, 0.1) is 18.4 Å². The fourth-order valence-corrected chi connectivity index (χ4v) is 3.60. The summed E-state index contributed by atoms with van der Waals surface area (Å²) in [5.74, 6) is -1.06. The molecule has 1 aliphatic rings. The lowest BCUT2D eigenvalue weighted by Gasteiger charge is -2.28. The molecule has 164 valence electrons. The van der Waals surface area contributed by atoms with E-state index >= 15 is 0 Å². The minimum atomic E-state index is -0.376. The molecule has 0 N–H and O–H groups in total. The van der Waals surface area contributed by atoms with E-state index < -0.39 is 0 Å². The van der Waals surface area contributed by atoms with Crippen LogP contribution >= 0.6 is 0 Å². The maximum Gasteiger partial charge on any atom is 0.262 e. The summed E-state index contributed by atoms with van der Waals surface area (Å²) in [6.07, 6.45) is 0.396. The summed E-state index contributed by atoms with van der Waals surface area (Å²) in [6, 6.07) is 15.6. The van der Waals surface area contributed by atoms with Gasteiger partial charge in [0.1, 0.15) is 12.4 Å². The van der Waals surface area contributed by atoms with E-state index in [1.165, 1.54) is 16.0 Å². The Labute approximate surface area is 182 Å². The Morgan fingerprint density at radius 1 is 1.16 bits per heavy atom. The van der Waals surface area contributed by atoms with Crippen molar-refractivity contribution in [2.45, 2.75) is 26.3 Å². The van der Waals surface area contributed by atoms with E-state index in [0.29, 0.717) is 30.8 Å². The summed E-state index contributed by atoms with van der Waals surface area (Å²) in [6.45, 7) is 4.12. The van der Waals surface area contributed by atoms with Crippen LogP contribution in [0.3, 0.4) is 0 Å². The van der Waals surface area contributed by atoms with Crippen LogP contribution in [0.5, 0.6) is 0 Å². The number of ether oxygens (including phenoxy) is 1. The van der Waals surface area contributed by atoms with Gasteiger partial charge in [-0.25, -0.2) is 9.40 Å². The predicted octanol–water partition coefficient (Wildman–Crippen LogP) is 3.63. The Hall–Kier alpha value is -3.06. The van der Waals surface area contributed by atoms with E-state index in [1.54, 1.807) is 39.2 Å². The van der Waals surface area contributed by atoms with Crippen LogP contribution in [0.1, 0.15) is 37.4 Å². The molecule has 0 aliphatic carbocycles. The summed E-state index contributed by atoms with van der Waals surface area (Å²) in [5, 5.41) is 5.90. The fourth-order valence-electron chi connectivity index (χ4n) is 3.60. The highest BCUT2D eigenvalue weighted by atomic mass is 19.1. The van der Waals surface area contributed by atoms with Crippen molar-refractivity contribution in [3.8, 4) is 0 Å². The van der Waals surface area contributed by atoms with Gasteiger partial charge in [0.2, 0.25) is 5.91 Å². The number of methoxy groups -OCH3 is 1. The third kappa shape index (κ3) is 5.35. The first kappa shape index (κ1) is 22.6. The molecular weight excluding hydrogens is 397 g/mol. The molecule has 7 heteroatoms. The average Bonchev–Trinajstić information content (AvgIpc) is 3.22. The first-order valence-corrected chi connectivity index (χ1v) is 10.4. The molecule has 6 nitrogen and oxygen atoms in total. The Kier molecular flexibility index (Phi) is 7.52. The molecule has 3 rings (SSSR count). The van der Waals surface area contributed by atoms with E-state index in [2.05, 4.69) is 5.10 Å². The van der Waals surface area contributed by atoms with Gasteiger partial charge in [-0.2, -0.15) is 5.10 Å². The molecule has 0 saturated heterocycles. The molecule has 0 radical (unpaired) electrons. The van der Waals surface area contributed by atoms with Crippen LogP contribution < -0.4 is 0 Å². The zero-order valence-electron chi connectivity index (χ0n) is 18.1. The molecule has 0 bridgehead atoms. The first-order valence-electron chi connectivity index (χ1n) is 10.4. The lowest BCUT2D eigenvalue weighted by Crippen LogP contribution is -2.44. The summed E-state index contributed by atoms with van der Waals surface area (Å²) < 4.78 is 19.5. The second-order valence-electron chi connectivity index (χ2n) is 7.80. The van der Waals surface area contributed by atoms with Gasteiger partial charge in [-0.1, -0.05) is 62.4 Å². The van der Waals surface area contributed by atoms with Crippen molar-refractivity contribution in [1.82, 2.24) is 9.91 Å². The number of rotatable bonds is 8. The van der Waals surface area contributed by atoms with Gasteiger partial charge < -0.3 is 9.64 Å². The molecule has 2 aromatic carbocycles. The molecule has 0 spiro atoms. The number of benzene rings is 2. The molecule has 0 fully saturated rings. The second kappa shape index (κ2) is 10.3. The quantitative estimate of drug-likeness (QED) is 0.649. The van der Waals surface area contributed by atoms with Gasteiger partial charge in [-0.05, 0) is 11.6 Å². The minimum Gasteiger partial charge on any atom is -0.383 e. The van der Waals surface area contributed by atoms with Crippen LogP contribution in [-0.2, 0) is 14.3 Å². The van der Waals surface area contributed by atoms with Crippen molar-refractivity contribution >= 4 is 17.5 Å². The van der Waals surface area contributed by atoms with Gasteiger partial charge in [-0.15, -0.1) is 0 Å². The van der Waals surface area contributed by atoms with Crippen LogP contribution in [0.4, 0.5) is 4.39 Å². The summed E-state index contributed by atoms with van der Waals surface area (Å²) in [7, 11) is 1.55. The minimum absolute atomic E-state index is 0.113. The number of amides is 2. The molecule has 0 unspecified atom stereocenters. The SMILES string of the molecule is COCCN(CC(=O)N1N=C(c2ccccc2F)C[C@H]1c1ccccc1)C(=O)C(C)C. The molecule has 2 amide bonds. The van der Waals surface area contributed by atoms with E-state index in [1.807, 2.05) is 30.3 Å². The zero-order valence-corrected chi connectivity index (χ0v) is 18.1. The van der Waals surface area contributed by atoms with Crippen LogP contribution in [-0.4, -0.2) is 54.2 Å². The number of carbonyl (C=O) groups is 2. The van der Waals surface area contributed by atoms with Crippen LogP contribution in [0.25, 0.3) is 0 Å². The molecule has 0 saturated carbocycles. The molecule has 31 heavy (non-hydrogen) atoms. The van der Waals surface area contributed by atoms with Crippen molar-refractivity contribution in [3.05, 3.63) is 71.5 Å². The van der Waals surface area contributed by atoms with Crippen molar-refractivity contribution in [2.75, 3.05) is 26.8 Å². The molecule has 0 aromatic heterocycles. The summed E-state index contributed by atoms with van der Waals surface area (Å²) in [5.41, 5.74) is 1.80. The molecule has 2 aromatic rings. The van der Waals surface area contributed by atoms with Crippen LogP contribution in [0.15, 0.2) is 59.7 Å². The fraction of sp³-hybridized carbons (Fsp3) is 0.375. The molecule has 1 atom stereocenters. The summed E-state index contributed by atoms with van der Waals surface area (Å²) >= 11 is 0. The Bertz CT molecular complexity index is 946. The largest absolute Gasteiger partial charge is 0.383 e. The first-order chi connectivity index (χ1) is 14.9. The Morgan fingerprint density at radius 3 is 2.48 bits per heavy atom. The molecule has 1 aliphatic heterocycles. The van der Waals surface area contributed by atoms with Gasteiger partial charge in [0.15, 0.2) is 0 Å². The normalized spacial score (nSPS) is 15.8. The highest BCUT2D eigenvalue weighted by Crippen LogP contribution is 2.33. The monoisotopic (exact) mass is 425 g/mol. The maximum absolute atomic E-state index is 14.4. The van der Waals surface area contributed by atoms with E-state index in [4.69, 9.17) is 4.74 Å². The topological polar surface area (TPSA) is 62.2 Å². The predicted molar refractivity (Wildman–Crippen MR) is 117 cm³/mol. The Morgan fingerprint density at radius 2 is 1.84 bits per heavy atom. The average molecular weight is 426 g/mol. The number of halogens is 1. The highest BCUT2D eigenvalue weighted by molar-refractivity contribution is 6.03. The third-order valence-corrected chi connectivity index (χ3v) is 5.23. The van der Waals surface area contributed by atoms with Crippen molar-refractivity contribution in [3.63, 3.8) is 0 Å². The van der Waals surface area contributed by atoms with Gasteiger partial charge in [0.25, 0.3) is 5.91 Å². The van der Waals surface area contributed by atoms with Crippen molar-refractivity contribution < 1.29 is 18.7 Å².